The maximum absolute atomic E-state index is 13.0. The van der Waals surface area contributed by atoms with Crippen molar-refractivity contribution in [3.63, 3.8) is 0 Å². The number of rotatable bonds is 61. The molecule has 0 saturated carbocycles. The molecule has 9 heteroatoms. The number of quaternary nitrogens is 1. The fraction of sp³-hybridized carbons (Fsp3) is 0.866. The number of amides is 1. The molecule has 3 N–H and O–H groups in total. The number of likely N-dealkylation sites (N-methyl/N-ethyl adjacent to an activating group) is 1. The molecule has 76 heavy (non-hydrogen) atoms. The lowest BCUT2D eigenvalue weighted by Crippen LogP contribution is -2.46. The maximum atomic E-state index is 13.0. The van der Waals surface area contributed by atoms with Crippen molar-refractivity contribution >= 4 is 13.7 Å². The van der Waals surface area contributed by atoms with E-state index in [1.165, 1.54) is 231 Å². The van der Waals surface area contributed by atoms with Gasteiger partial charge in [0.15, 0.2) is 0 Å². The number of unbranched alkanes of at least 4 members (excludes halogenated alkanes) is 40. The van der Waals surface area contributed by atoms with E-state index in [4.69, 9.17) is 9.05 Å². The topological polar surface area (TPSA) is 105 Å². The van der Waals surface area contributed by atoms with Crippen molar-refractivity contribution in [3.05, 3.63) is 48.6 Å². The number of hydrogen-bond donors (Lipinski definition) is 3. The summed E-state index contributed by atoms with van der Waals surface area (Å²) in [7, 11) is 1.63. The van der Waals surface area contributed by atoms with E-state index in [1.54, 1.807) is 0 Å². The SMILES string of the molecule is CC/C=C\C/C=C\C/C=C\C/C=C\CCCCCCCCCCCCCCCCCCCCCCCCC(=O)NC(COP(=O)(O)OCC[N+](C)(C)C)C(O)CCCCCCCCCCCCCCCCCCCCC. The average molecular weight is 1090 g/mol. The molecule has 0 rings (SSSR count). The van der Waals surface area contributed by atoms with Gasteiger partial charge in [0.25, 0.3) is 0 Å². The average Bonchev–Trinajstić information content (AvgIpc) is 3.38. The van der Waals surface area contributed by atoms with Crippen LogP contribution in [-0.2, 0) is 18.4 Å². The van der Waals surface area contributed by atoms with Gasteiger partial charge in [0.2, 0.25) is 5.91 Å². The molecule has 0 aromatic rings. The number of carbonyl (C=O) groups excluding carboxylic acids is 1. The lowest BCUT2D eigenvalue weighted by molar-refractivity contribution is -0.870. The molecule has 0 fully saturated rings. The predicted molar refractivity (Wildman–Crippen MR) is 332 cm³/mol. The van der Waals surface area contributed by atoms with Gasteiger partial charge < -0.3 is 19.8 Å². The molecule has 3 atom stereocenters. The Morgan fingerprint density at radius 1 is 0.461 bits per heavy atom. The molecular weight excluding hydrogens is 960 g/mol. The normalized spacial score (nSPS) is 14.0. The van der Waals surface area contributed by atoms with E-state index in [0.717, 1.165) is 64.2 Å². The second-order valence-electron chi connectivity index (χ2n) is 23.8. The Morgan fingerprint density at radius 3 is 1.16 bits per heavy atom. The van der Waals surface area contributed by atoms with Crippen LogP contribution in [0.15, 0.2) is 48.6 Å². The monoisotopic (exact) mass is 1090 g/mol. The van der Waals surface area contributed by atoms with Gasteiger partial charge in [0.05, 0.1) is 39.9 Å². The van der Waals surface area contributed by atoms with Crippen molar-refractivity contribution in [1.29, 1.82) is 0 Å². The van der Waals surface area contributed by atoms with Gasteiger partial charge in [-0.25, -0.2) is 4.57 Å². The third kappa shape index (κ3) is 60.1. The fourth-order valence-corrected chi connectivity index (χ4v) is 10.7. The Morgan fingerprint density at radius 2 is 0.789 bits per heavy atom. The minimum Gasteiger partial charge on any atom is -0.391 e. The number of phosphoric ester groups is 1. The van der Waals surface area contributed by atoms with Crippen LogP contribution >= 0.6 is 7.82 Å². The summed E-state index contributed by atoms with van der Waals surface area (Å²) >= 11 is 0. The number of carbonyl (C=O) groups is 1. The first-order chi connectivity index (χ1) is 37.0. The zero-order chi connectivity index (χ0) is 55.6. The molecule has 0 aliphatic carbocycles. The van der Waals surface area contributed by atoms with Gasteiger partial charge in [-0.1, -0.05) is 313 Å². The predicted octanol–water partition coefficient (Wildman–Crippen LogP) is 20.7. The molecule has 0 aliphatic heterocycles. The van der Waals surface area contributed by atoms with Crippen LogP contribution in [0, 0.1) is 0 Å². The highest BCUT2D eigenvalue weighted by molar-refractivity contribution is 7.47. The summed E-state index contributed by atoms with van der Waals surface area (Å²) in [5, 5.41) is 14.1. The molecule has 0 radical (unpaired) electrons. The van der Waals surface area contributed by atoms with Crippen molar-refractivity contribution in [2.45, 2.75) is 334 Å². The Bertz CT molecular complexity index is 1380. The summed E-state index contributed by atoms with van der Waals surface area (Å²) in [4.78, 5) is 23.4. The number of aliphatic hydroxyl groups excluding tert-OH is 1. The van der Waals surface area contributed by atoms with Gasteiger partial charge in [-0.05, 0) is 51.4 Å². The van der Waals surface area contributed by atoms with Crippen molar-refractivity contribution in [2.75, 3.05) is 40.9 Å². The molecule has 0 aromatic heterocycles. The zero-order valence-corrected chi connectivity index (χ0v) is 52.2. The first kappa shape index (κ1) is 74.5. The van der Waals surface area contributed by atoms with E-state index in [-0.39, 0.29) is 19.1 Å². The first-order valence-corrected chi connectivity index (χ1v) is 34.5. The van der Waals surface area contributed by atoms with E-state index in [0.29, 0.717) is 23.9 Å². The molecule has 0 bridgehead atoms. The highest BCUT2D eigenvalue weighted by Gasteiger charge is 2.28. The van der Waals surface area contributed by atoms with Gasteiger partial charge in [0, 0.05) is 6.42 Å². The van der Waals surface area contributed by atoms with E-state index in [2.05, 4.69) is 67.8 Å². The summed E-state index contributed by atoms with van der Waals surface area (Å²) in [6.07, 6.45) is 77.7. The van der Waals surface area contributed by atoms with Crippen LogP contribution < -0.4 is 5.32 Å². The number of aliphatic hydroxyl groups is 1. The van der Waals surface area contributed by atoms with Crippen LogP contribution in [0.1, 0.15) is 322 Å². The Labute approximate surface area is 473 Å². The lowest BCUT2D eigenvalue weighted by atomic mass is 10.0. The quantitative estimate of drug-likeness (QED) is 0.0243. The number of hydrogen-bond acceptors (Lipinski definition) is 5. The van der Waals surface area contributed by atoms with Gasteiger partial charge in [0.1, 0.15) is 13.2 Å². The van der Waals surface area contributed by atoms with Crippen LogP contribution in [-0.4, -0.2) is 73.4 Å². The van der Waals surface area contributed by atoms with Gasteiger partial charge >= 0.3 is 7.82 Å². The smallest absolute Gasteiger partial charge is 0.391 e. The Hall–Kier alpha value is -1.54. The summed E-state index contributed by atoms with van der Waals surface area (Å²) in [5.74, 6) is -0.138. The molecular formula is C67H130N2O6P+. The number of phosphoric acid groups is 1. The summed E-state index contributed by atoms with van der Waals surface area (Å²) in [6.45, 7) is 4.82. The van der Waals surface area contributed by atoms with Crippen LogP contribution in [0.3, 0.4) is 0 Å². The minimum atomic E-state index is -4.32. The molecule has 8 nitrogen and oxygen atoms in total. The minimum absolute atomic E-state index is 0.0765. The third-order valence-corrected chi connectivity index (χ3v) is 16.1. The summed E-state index contributed by atoms with van der Waals surface area (Å²) in [5.41, 5.74) is 0. The highest BCUT2D eigenvalue weighted by atomic mass is 31.2. The molecule has 1 amide bonds. The number of nitrogens with one attached hydrogen (secondary N) is 1. The van der Waals surface area contributed by atoms with Gasteiger partial charge in [-0.2, -0.15) is 0 Å². The van der Waals surface area contributed by atoms with E-state index in [9.17, 15) is 19.4 Å². The zero-order valence-electron chi connectivity index (χ0n) is 51.3. The molecule has 0 aliphatic rings. The molecule has 0 heterocycles. The van der Waals surface area contributed by atoms with Crippen molar-refractivity contribution in [2.24, 2.45) is 0 Å². The van der Waals surface area contributed by atoms with Crippen molar-refractivity contribution in [1.82, 2.24) is 5.32 Å². The maximum Gasteiger partial charge on any atom is 0.472 e. The summed E-state index contributed by atoms with van der Waals surface area (Å²) in [6, 6.07) is -0.760. The van der Waals surface area contributed by atoms with Crippen molar-refractivity contribution in [3.8, 4) is 0 Å². The van der Waals surface area contributed by atoms with Gasteiger partial charge in [-0.15, -0.1) is 0 Å². The van der Waals surface area contributed by atoms with E-state index < -0.39 is 20.0 Å². The molecule has 0 aromatic carbocycles. The van der Waals surface area contributed by atoms with E-state index >= 15 is 0 Å². The van der Waals surface area contributed by atoms with Crippen LogP contribution in [0.5, 0.6) is 0 Å². The van der Waals surface area contributed by atoms with E-state index in [1.807, 2.05) is 21.1 Å². The third-order valence-electron chi connectivity index (χ3n) is 15.1. The number of nitrogens with zero attached hydrogens (tertiary/aromatic N) is 1. The molecule has 0 saturated heterocycles. The molecule has 0 spiro atoms. The first-order valence-electron chi connectivity index (χ1n) is 33.0. The van der Waals surface area contributed by atoms with Crippen molar-refractivity contribution < 1.29 is 32.9 Å². The lowest BCUT2D eigenvalue weighted by Gasteiger charge is -2.26. The molecule has 3 unspecified atom stereocenters. The van der Waals surface area contributed by atoms with Crippen LogP contribution in [0.2, 0.25) is 0 Å². The number of allylic oxidation sites excluding steroid dienone is 8. The second-order valence-corrected chi connectivity index (χ2v) is 25.3. The van der Waals surface area contributed by atoms with Crippen LogP contribution in [0.25, 0.3) is 0 Å². The second kappa shape index (κ2) is 58.1. The molecule has 448 valence electrons. The Balaban J connectivity index is 3.97. The fourth-order valence-electron chi connectivity index (χ4n) is 9.98. The Kier molecular flexibility index (Phi) is 56.9. The highest BCUT2D eigenvalue weighted by Crippen LogP contribution is 2.43. The van der Waals surface area contributed by atoms with Gasteiger partial charge in [-0.3, -0.25) is 13.8 Å². The summed E-state index contributed by atoms with van der Waals surface area (Å²) < 4.78 is 23.8. The van der Waals surface area contributed by atoms with Crippen LogP contribution in [0.4, 0.5) is 0 Å². The standard InChI is InChI=1S/C67H129N2O6P/c1-6-8-10-12-14-16-18-20-22-24-26-27-28-29-30-31-32-33-34-35-36-37-38-39-40-41-43-45-47-49-51-53-55-57-59-61-67(71)68-65(64-75-76(72,73)74-63-62-69(3,4)5)66(70)60-58-56-54-52-50-48-46-44-42-25-23-21-19-17-15-13-11-9-7-2/h8,10,14,16,20,22,26-27,65-66,70H,6-7,9,11-13,15,17-19,21,23-25,28-64H2,1-5H3,(H-,68,71,72,73)/p+1/b10-8-,16-14-,22-20-,27-26-. The largest absolute Gasteiger partial charge is 0.472 e.